The van der Waals surface area contributed by atoms with Gasteiger partial charge in [-0.05, 0) is 31.4 Å². The van der Waals surface area contributed by atoms with Gasteiger partial charge < -0.3 is 19.7 Å². The molecule has 2 heterocycles. The number of ether oxygens (including phenoxy) is 2. The summed E-state index contributed by atoms with van der Waals surface area (Å²) in [5, 5.41) is 3.42. The molecule has 2 aliphatic heterocycles. The molecule has 1 aromatic carbocycles. The lowest BCUT2D eigenvalue weighted by atomic mass is 9.97. The molecular formula is C19H27N3O3. The van der Waals surface area contributed by atoms with Crippen LogP contribution in [0.3, 0.4) is 0 Å². The number of para-hydroxylation sites is 1. The van der Waals surface area contributed by atoms with E-state index in [0.29, 0.717) is 6.61 Å². The highest BCUT2D eigenvalue weighted by atomic mass is 16.5. The lowest BCUT2D eigenvalue weighted by molar-refractivity contribution is -0.149. The van der Waals surface area contributed by atoms with Crippen molar-refractivity contribution in [3.63, 3.8) is 0 Å². The highest BCUT2D eigenvalue weighted by Gasteiger charge is 2.28. The van der Waals surface area contributed by atoms with Gasteiger partial charge in [0.1, 0.15) is 11.9 Å². The normalized spacial score (nSPS) is 20.8. The van der Waals surface area contributed by atoms with Gasteiger partial charge in [0.15, 0.2) is 5.96 Å². The molecule has 25 heavy (non-hydrogen) atoms. The predicted octanol–water partition coefficient (Wildman–Crippen LogP) is 1.84. The van der Waals surface area contributed by atoms with Crippen molar-refractivity contribution in [1.82, 2.24) is 10.2 Å². The van der Waals surface area contributed by atoms with Crippen LogP contribution in [0.2, 0.25) is 0 Å². The van der Waals surface area contributed by atoms with E-state index in [1.54, 1.807) is 7.05 Å². The van der Waals surface area contributed by atoms with Crippen molar-refractivity contribution in [2.75, 3.05) is 33.3 Å². The van der Waals surface area contributed by atoms with Gasteiger partial charge in [-0.3, -0.25) is 9.79 Å². The van der Waals surface area contributed by atoms with Gasteiger partial charge in [0.25, 0.3) is 0 Å². The number of aliphatic imine (C=N–C) groups is 1. The van der Waals surface area contributed by atoms with Gasteiger partial charge in [0.2, 0.25) is 0 Å². The third-order valence-corrected chi connectivity index (χ3v) is 4.83. The first kappa shape index (κ1) is 17.6. The lowest BCUT2D eigenvalue weighted by Crippen LogP contribution is -2.48. The largest absolute Gasteiger partial charge is 0.488 e. The van der Waals surface area contributed by atoms with Crippen LogP contribution in [0.15, 0.2) is 29.3 Å². The number of piperidine rings is 1. The molecule has 0 aromatic heterocycles. The summed E-state index contributed by atoms with van der Waals surface area (Å²) >= 11 is 0. The van der Waals surface area contributed by atoms with Crippen molar-refractivity contribution >= 4 is 11.9 Å². The molecule has 6 nitrogen and oxygen atoms in total. The minimum absolute atomic E-state index is 0.0157. The summed E-state index contributed by atoms with van der Waals surface area (Å²) in [6.45, 7) is 4.65. The fourth-order valence-corrected chi connectivity index (χ4v) is 3.49. The van der Waals surface area contributed by atoms with Gasteiger partial charge in [0, 0.05) is 26.6 Å². The van der Waals surface area contributed by atoms with Crippen LogP contribution in [0.25, 0.3) is 0 Å². The van der Waals surface area contributed by atoms with Crippen LogP contribution in [0, 0.1) is 5.92 Å². The van der Waals surface area contributed by atoms with E-state index < -0.39 is 0 Å². The number of nitrogens with one attached hydrogen (secondary N) is 1. The molecule has 0 aliphatic carbocycles. The number of guanidine groups is 1. The van der Waals surface area contributed by atoms with Crippen molar-refractivity contribution < 1.29 is 14.3 Å². The van der Waals surface area contributed by atoms with Crippen LogP contribution in [0.4, 0.5) is 0 Å². The quantitative estimate of drug-likeness (QED) is 0.512. The Kier molecular flexibility index (Phi) is 5.79. The first-order valence-corrected chi connectivity index (χ1v) is 9.08. The van der Waals surface area contributed by atoms with Crippen LogP contribution < -0.4 is 10.1 Å². The summed E-state index contributed by atoms with van der Waals surface area (Å²) in [4.78, 5) is 18.4. The zero-order valence-electron chi connectivity index (χ0n) is 15.0. The number of carbonyl (C=O) groups is 1. The van der Waals surface area contributed by atoms with E-state index in [4.69, 9.17) is 9.47 Å². The molecule has 1 N–H and O–H groups in total. The predicted molar refractivity (Wildman–Crippen MR) is 96.9 cm³/mol. The maximum atomic E-state index is 11.8. The highest BCUT2D eigenvalue weighted by molar-refractivity contribution is 5.80. The molecule has 136 valence electrons. The minimum Gasteiger partial charge on any atom is -0.488 e. The fourth-order valence-electron chi connectivity index (χ4n) is 3.49. The second-order valence-electron chi connectivity index (χ2n) is 6.49. The van der Waals surface area contributed by atoms with E-state index in [1.807, 2.05) is 25.1 Å². The summed E-state index contributed by atoms with van der Waals surface area (Å²) < 4.78 is 11.1. The Hall–Kier alpha value is -2.24. The average molecular weight is 345 g/mol. The Morgan fingerprint density at radius 1 is 1.36 bits per heavy atom. The molecule has 6 heteroatoms. The summed E-state index contributed by atoms with van der Waals surface area (Å²) in [6, 6.07) is 8.18. The minimum atomic E-state index is -0.0674. The molecule has 1 aromatic rings. The molecule has 0 bridgehead atoms. The number of fused-ring (bicyclic) bond motifs is 1. The van der Waals surface area contributed by atoms with Crippen molar-refractivity contribution in [2.24, 2.45) is 10.9 Å². The van der Waals surface area contributed by atoms with E-state index >= 15 is 0 Å². The van der Waals surface area contributed by atoms with E-state index in [2.05, 4.69) is 21.3 Å². The van der Waals surface area contributed by atoms with Gasteiger partial charge in [-0.2, -0.15) is 0 Å². The molecule has 2 aliphatic rings. The number of likely N-dealkylation sites (tertiary alicyclic amines) is 1. The van der Waals surface area contributed by atoms with E-state index in [9.17, 15) is 4.79 Å². The maximum Gasteiger partial charge on any atom is 0.309 e. The molecule has 1 atom stereocenters. The van der Waals surface area contributed by atoms with Gasteiger partial charge >= 0.3 is 5.97 Å². The van der Waals surface area contributed by atoms with E-state index in [-0.39, 0.29) is 18.0 Å². The van der Waals surface area contributed by atoms with E-state index in [1.165, 1.54) is 5.56 Å². The van der Waals surface area contributed by atoms with Crippen molar-refractivity contribution in [3.8, 4) is 5.75 Å². The Labute approximate surface area is 149 Å². The second-order valence-corrected chi connectivity index (χ2v) is 6.49. The van der Waals surface area contributed by atoms with Crippen molar-refractivity contribution in [3.05, 3.63) is 29.8 Å². The van der Waals surface area contributed by atoms with Crippen molar-refractivity contribution in [2.45, 2.75) is 32.3 Å². The number of hydrogen-bond donors (Lipinski definition) is 1. The second kappa shape index (κ2) is 8.23. The summed E-state index contributed by atoms with van der Waals surface area (Å²) in [7, 11) is 1.80. The Balaban J connectivity index is 1.46. The molecular weight excluding hydrogens is 318 g/mol. The molecule has 1 saturated heterocycles. The Morgan fingerprint density at radius 3 is 2.80 bits per heavy atom. The van der Waals surface area contributed by atoms with Crippen LogP contribution in [-0.4, -0.2) is 56.2 Å². The highest BCUT2D eigenvalue weighted by Crippen LogP contribution is 2.27. The van der Waals surface area contributed by atoms with Gasteiger partial charge in [0.05, 0.1) is 19.1 Å². The number of hydrogen-bond acceptors (Lipinski definition) is 4. The number of nitrogens with zero attached hydrogens (tertiary/aromatic N) is 2. The van der Waals surface area contributed by atoms with Gasteiger partial charge in [-0.15, -0.1) is 0 Å². The Bertz CT molecular complexity index is 599. The Morgan fingerprint density at radius 2 is 2.12 bits per heavy atom. The van der Waals surface area contributed by atoms with Crippen molar-refractivity contribution in [1.29, 1.82) is 0 Å². The molecule has 1 unspecified atom stereocenters. The first-order valence-electron chi connectivity index (χ1n) is 9.08. The topological polar surface area (TPSA) is 63.2 Å². The summed E-state index contributed by atoms with van der Waals surface area (Å²) in [5.41, 5.74) is 1.26. The zero-order valence-corrected chi connectivity index (χ0v) is 15.0. The summed E-state index contributed by atoms with van der Waals surface area (Å²) in [5.74, 6) is 1.81. The monoisotopic (exact) mass is 345 g/mol. The standard InChI is InChI=1S/C19H27N3O3/c1-3-24-18(23)14-8-10-22(11-9-14)19(20-2)21-13-16-12-15-6-4-5-7-17(15)25-16/h4-7,14,16H,3,8-13H2,1-2H3,(H,20,21). The molecule has 0 spiro atoms. The number of benzene rings is 1. The zero-order chi connectivity index (χ0) is 17.6. The van der Waals surface area contributed by atoms with Gasteiger partial charge in [-0.25, -0.2) is 0 Å². The maximum absolute atomic E-state index is 11.8. The fraction of sp³-hybridized carbons (Fsp3) is 0.579. The van der Waals surface area contributed by atoms with Gasteiger partial charge in [-0.1, -0.05) is 18.2 Å². The third-order valence-electron chi connectivity index (χ3n) is 4.83. The molecule has 0 amide bonds. The number of carbonyl (C=O) groups excluding carboxylic acids is 1. The molecule has 0 radical (unpaired) electrons. The lowest BCUT2D eigenvalue weighted by Gasteiger charge is -2.33. The van der Waals surface area contributed by atoms with E-state index in [0.717, 1.165) is 50.6 Å². The van der Waals surface area contributed by atoms with Crippen LogP contribution >= 0.6 is 0 Å². The molecule has 1 fully saturated rings. The SMILES string of the molecule is CCOC(=O)C1CCN(C(=NC)NCC2Cc3ccccc3O2)CC1. The smallest absolute Gasteiger partial charge is 0.309 e. The molecule has 0 saturated carbocycles. The average Bonchev–Trinajstić information content (AvgIpc) is 3.06. The summed E-state index contributed by atoms with van der Waals surface area (Å²) in [6.07, 6.45) is 2.67. The van der Waals surface area contributed by atoms with Crippen LogP contribution in [-0.2, 0) is 16.0 Å². The third kappa shape index (κ3) is 4.24. The molecule has 3 rings (SSSR count). The van der Waals surface area contributed by atoms with Crippen LogP contribution in [0.5, 0.6) is 5.75 Å². The number of esters is 1. The van der Waals surface area contributed by atoms with Crippen LogP contribution in [0.1, 0.15) is 25.3 Å². The number of rotatable bonds is 4. The first-order chi connectivity index (χ1) is 12.2.